The first-order valence-corrected chi connectivity index (χ1v) is 7.06. The van der Waals surface area contributed by atoms with E-state index in [2.05, 4.69) is 11.4 Å². The molecular weight excluding hydrogens is 246 g/mol. The van der Waals surface area contributed by atoms with Crippen LogP contribution in [0.2, 0.25) is 0 Å². The molecule has 1 aliphatic rings. The van der Waals surface area contributed by atoms with Gasteiger partial charge in [-0.3, -0.25) is 4.79 Å². The highest BCUT2D eigenvalue weighted by Crippen LogP contribution is 2.36. The molecule has 1 aromatic heterocycles. The number of nitriles is 1. The monoisotopic (exact) mass is 263 g/mol. The fourth-order valence-corrected chi connectivity index (χ4v) is 3.42. The minimum atomic E-state index is -0.557. The molecule has 1 aliphatic carbocycles. The maximum atomic E-state index is 11.6. The lowest BCUT2D eigenvalue weighted by Gasteiger charge is -2.06. The molecule has 96 valence electrons. The first-order chi connectivity index (χ1) is 8.63. The summed E-state index contributed by atoms with van der Waals surface area (Å²) in [5.41, 5.74) is 7.32. The molecule has 2 rings (SSSR count). The van der Waals surface area contributed by atoms with Crippen molar-refractivity contribution in [3.63, 3.8) is 0 Å². The van der Waals surface area contributed by atoms with E-state index in [0.29, 0.717) is 10.6 Å². The summed E-state index contributed by atoms with van der Waals surface area (Å²) in [4.78, 5) is 12.9. The number of thiophene rings is 1. The van der Waals surface area contributed by atoms with Crippen molar-refractivity contribution in [3.8, 4) is 6.07 Å². The number of nitrogens with one attached hydrogen (secondary N) is 1. The van der Waals surface area contributed by atoms with Gasteiger partial charge >= 0.3 is 0 Å². The van der Waals surface area contributed by atoms with E-state index < -0.39 is 6.04 Å². The van der Waals surface area contributed by atoms with Gasteiger partial charge in [0.15, 0.2) is 0 Å². The molecule has 18 heavy (non-hydrogen) atoms. The first kappa shape index (κ1) is 13.1. The first-order valence-electron chi connectivity index (χ1n) is 6.24. The van der Waals surface area contributed by atoms with Gasteiger partial charge in [0.25, 0.3) is 0 Å². The molecule has 0 radical (unpaired) electrons. The fraction of sp³-hybridized carbons (Fsp3) is 0.538. The van der Waals surface area contributed by atoms with Crippen LogP contribution >= 0.6 is 11.3 Å². The Morgan fingerprint density at radius 1 is 1.44 bits per heavy atom. The van der Waals surface area contributed by atoms with E-state index in [0.717, 1.165) is 24.8 Å². The van der Waals surface area contributed by atoms with Crippen molar-refractivity contribution >= 4 is 22.2 Å². The van der Waals surface area contributed by atoms with E-state index in [1.165, 1.54) is 29.1 Å². The summed E-state index contributed by atoms with van der Waals surface area (Å²) in [6.45, 7) is 1.64. The van der Waals surface area contributed by atoms with Crippen LogP contribution in [0.3, 0.4) is 0 Å². The summed E-state index contributed by atoms with van der Waals surface area (Å²) in [5.74, 6) is -0.233. The second-order valence-electron chi connectivity index (χ2n) is 4.66. The predicted octanol–water partition coefficient (Wildman–Crippen LogP) is 2.17. The third kappa shape index (κ3) is 2.55. The van der Waals surface area contributed by atoms with E-state index in [-0.39, 0.29) is 5.91 Å². The number of hydrogen-bond donors (Lipinski definition) is 2. The van der Waals surface area contributed by atoms with Crippen molar-refractivity contribution in [2.45, 2.75) is 45.1 Å². The zero-order chi connectivity index (χ0) is 13.1. The Morgan fingerprint density at radius 2 is 2.17 bits per heavy atom. The van der Waals surface area contributed by atoms with E-state index in [9.17, 15) is 10.1 Å². The van der Waals surface area contributed by atoms with Gasteiger partial charge in [-0.15, -0.1) is 11.3 Å². The summed E-state index contributed by atoms with van der Waals surface area (Å²) in [6, 6.07) is 1.67. The number of aryl methyl sites for hydroxylation is 1. The highest BCUT2D eigenvalue weighted by molar-refractivity contribution is 7.16. The predicted molar refractivity (Wildman–Crippen MR) is 72.6 cm³/mol. The number of nitrogens with two attached hydrogens (primary N) is 1. The van der Waals surface area contributed by atoms with Crippen molar-refractivity contribution in [1.82, 2.24) is 0 Å². The zero-order valence-electron chi connectivity index (χ0n) is 10.5. The van der Waals surface area contributed by atoms with Gasteiger partial charge in [-0.2, -0.15) is 5.26 Å². The molecular formula is C13H17N3OS. The van der Waals surface area contributed by atoms with Gasteiger partial charge in [0.05, 0.1) is 11.6 Å². The SMILES string of the molecule is CC(N)C(=O)Nc1sc2c(c1C#N)CCCCC2. The van der Waals surface area contributed by atoms with Crippen LogP contribution in [0.25, 0.3) is 0 Å². The Kier molecular flexibility index (Phi) is 4.00. The van der Waals surface area contributed by atoms with Gasteiger partial charge in [0, 0.05) is 4.88 Å². The van der Waals surface area contributed by atoms with Gasteiger partial charge in [-0.1, -0.05) is 6.42 Å². The van der Waals surface area contributed by atoms with Gasteiger partial charge in [0.2, 0.25) is 5.91 Å². The lowest BCUT2D eigenvalue weighted by atomic mass is 10.1. The van der Waals surface area contributed by atoms with Crippen molar-refractivity contribution in [2.24, 2.45) is 5.73 Å². The third-order valence-electron chi connectivity index (χ3n) is 3.18. The minimum absolute atomic E-state index is 0.233. The number of anilines is 1. The second-order valence-corrected chi connectivity index (χ2v) is 5.76. The number of hydrogen-bond acceptors (Lipinski definition) is 4. The van der Waals surface area contributed by atoms with Crippen LogP contribution in [0.15, 0.2) is 0 Å². The van der Waals surface area contributed by atoms with E-state index >= 15 is 0 Å². The standard InChI is InChI=1S/C13H17N3OS/c1-8(15)12(17)16-13-10(7-14)9-5-3-2-4-6-11(9)18-13/h8H,2-6,15H2,1H3,(H,16,17). The van der Waals surface area contributed by atoms with Crippen LogP contribution < -0.4 is 11.1 Å². The molecule has 5 heteroatoms. The Morgan fingerprint density at radius 3 is 2.83 bits per heavy atom. The molecule has 4 nitrogen and oxygen atoms in total. The van der Waals surface area contributed by atoms with Crippen molar-refractivity contribution in [1.29, 1.82) is 5.26 Å². The van der Waals surface area contributed by atoms with E-state index in [4.69, 9.17) is 5.73 Å². The average Bonchev–Trinajstić information content (AvgIpc) is 2.50. The number of fused-ring (bicyclic) bond motifs is 1. The van der Waals surface area contributed by atoms with Crippen LogP contribution in [-0.2, 0) is 17.6 Å². The number of carbonyl (C=O) groups excluding carboxylic acids is 1. The topological polar surface area (TPSA) is 78.9 Å². The van der Waals surface area contributed by atoms with Crippen LogP contribution in [0.1, 0.15) is 42.2 Å². The molecule has 1 aromatic rings. The number of nitrogens with zero attached hydrogens (tertiary/aromatic N) is 1. The Bertz CT molecular complexity index is 499. The molecule has 1 heterocycles. The molecule has 1 amide bonds. The summed E-state index contributed by atoms with van der Waals surface area (Å²) >= 11 is 1.54. The Labute approximate surface area is 111 Å². The Hall–Kier alpha value is -1.38. The van der Waals surface area contributed by atoms with Gasteiger partial charge in [-0.25, -0.2) is 0 Å². The summed E-state index contributed by atoms with van der Waals surface area (Å²) in [5, 5.41) is 12.7. The second kappa shape index (κ2) is 5.51. The smallest absolute Gasteiger partial charge is 0.241 e. The van der Waals surface area contributed by atoms with Crippen molar-refractivity contribution in [3.05, 3.63) is 16.0 Å². The van der Waals surface area contributed by atoms with Crippen LogP contribution in [-0.4, -0.2) is 11.9 Å². The van der Waals surface area contributed by atoms with Crippen molar-refractivity contribution in [2.75, 3.05) is 5.32 Å². The third-order valence-corrected chi connectivity index (χ3v) is 4.39. The molecule has 1 unspecified atom stereocenters. The van der Waals surface area contributed by atoms with Crippen LogP contribution in [0.5, 0.6) is 0 Å². The zero-order valence-corrected chi connectivity index (χ0v) is 11.3. The molecule has 3 N–H and O–H groups in total. The van der Waals surface area contributed by atoms with Gasteiger partial charge < -0.3 is 11.1 Å². The van der Waals surface area contributed by atoms with Crippen molar-refractivity contribution < 1.29 is 4.79 Å². The molecule has 0 aliphatic heterocycles. The molecule has 0 aromatic carbocycles. The normalized spacial score (nSPS) is 16.3. The van der Waals surface area contributed by atoms with Gasteiger partial charge in [-0.05, 0) is 38.2 Å². The van der Waals surface area contributed by atoms with Crippen LogP contribution in [0.4, 0.5) is 5.00 Å². The van der Waals surface area contributed by atoms with Crippen LogP contribution in [0, 0.1) is 11.3 Å². The lowest BCUT2D eigenvalue weighted by Crippen LogP contribution is -2.32. The van der Waals surface area contributed by atoms with E-state index in [1.807, 2.05) is 0 Å². The highest BCUT2D eigenvalue weighted by Gasteiger charge is 2.21. The largest absolute Gasteiger partial charge is 0.320 e. The number of rotatable bonds is 2. The highest BCUT2D eigenvalue weighted by atomic mass is 32.1. The molecule has 0 spiro atoms. The number of carbonyl (C=O) groups is 1. The quantitative estimate of drug-likeness (QED) is 0.803. The fourth-order valence-electron chi connectivity index (χ4n) is 2.17. The van der Waals surface area contributed by atoms with Gasteiger partial charge in [0.1, 0.15) is 11.1 Å². The molecule has 1 atom stereocenters. The maximum absolute atomic E-state index is 11.6. The molecule has 0 bridgehead atoms. The molecule has 0 saturated heterocycles. The average molecular weight is 263 g/mol. The number of amides is 1. The Balaban J connectivity index is 2.32. The lowest BCUT2D eigenvalue weighted by molar-refractivity contribution is -0.117. The minimum Gasteiger partial charge on any atom is -0.320 e. The summed E-state index contributed by atoms with van der Waals surface area (Å²) in [6.07, 6.45) is 5.47. The van der Waals surface area contributed by atoms with E-state index in [1.54, 1.807) is 6.92 Å². The summed E-state index contributed by atoms with van der Waals surface area (Å²) in [7, 11) is 0. The summed E-state index contributed by atoms with van der Waals surface area (Å²) < 4.78 is 0. The maximum Gasteiger partial charge on any atom is 0.241 e. The molecule has 0 saturated carbocycles. The molecule has 0 fully saturated rings.